The fourth-order valence-electron chi connectivity index (χ4n) is 1.71. The SMILES string of the molecule is CC=CC=C(C)CCC(=O)NCC(C)(C)C(=O)SCCCCO. The van der Waals surface area contributed by atoms with Crippen LogP contribution in [0.4, 0.5) is 0 Å². The van der Waals surface area contributed by atoms with E-state index in [4.69, 9.17) is 5.11 Å². The lowest BCUT2D eigenvalue weighted by Crippen LogP contribution is -2.38. The Kier molecular flexibility index (Phi) is 11.8. The second kappa shape index (κ2) is 12.4. The van der Waals surface area contributed by atoms with Crippen LogP contribution >= 0.6 is 11.8 Å². The number of carbonyl (C=O) groups excluding carboxylic acids is 2. The Bertz CT molecular complexity index is 428. The van der Waals surface area contributed by atoms with E-state index in [0.717, 1.165) is 24.8 Å². The Labute approximate surface area is 144 Å². The van der Waals surface area contributed by atoms with Crippen molar-refractivity contribution >= 4 is 22.8 Å². The number of hydrogen-bond donors (Lipinski definition) is 2. The van der Waals surface area contributed by atoms with Gasteiger partial charge in [-0.2, -0.15) is 0 Å². The predicted octanol–water partition coefficient (Wildman–Crippen LogP) is 3.46. The molecule has 0 bridgehead atoms. The zero-order valence-corrected chi connectivity index (χ0v) is 15.7. The molecule has 0 aliphatic carbocycles. The fraction of sp³-hybridized carbons (Fsp3) is 0.667. The third kappa shape index (κ3) is 11.2. The minimum Gasteiger partial charge on any atom is -0.396 e. The molecule has 0 spiro atoms. The number of hydrogen-bond acceptors (Lipinski definition) is 4. The molecule has 0 aliphatic rings. The van der Waals surface area contributed by atoms with Gasteiger partial charge in [-0.3, -0.25) is 9.59 Å². The monoisotopic (exact) mass is 341 g/mol. The van der Waals surface area contributed by atoms with Crippen molar-refractivity contribution < 1.29 is 14.7 Å². The zero-order chi connectivity index (χ0) is 17.7. The number of amides is 1. The van der Waals surface area contributed by atoms with Crippen LogP contribution in [0.3, 0.4) is 0 Å². The van der Waals surface area contributed by atoms with Crippen molar-refractivity contribution in [1.29, 1.82) is 0 Å². The third-order valence-corrected chi connectivity index (χ3v) is 4.69. The summed E-state index contributed by atoms with van der Waals surface area (Å²) in [6.07, 6.45) is 8.63. The van der Waals surface area contributed by atoms with Gasteiger partial charge in [0, 0.05) is 25.3 Å². The maximum Gasteiger partial charge on any atom is 0.220 e. The summed E-state index contributed by atoms with van der Waals surface area (Å²) in [6.45, 7) is 8.18. The van der Waals surface area contributed by atoms with Gasteiger partial charge in [0.1, 0.15) is 0 Å². The molecule has 132 valence electrons. The van der Waals surface area contributed by atoms with Gasteiger partial charge in [0.2, 0.25) is 5.91 Å². The van der Waals surface area contributed by atoms with Crippen LogP contribution in [0.1, 0.15) is 53.4 Å². The van der Waals surface area contributed by atoms with Crippen molar-refractivity contribution in [3.63, 3.8) is 0 Å². The van der Waals surface area contributed by atoms with E-state index in [1.165, 1.54) is 11.8 Å². The molecule has 0 saturated heterocycles. The molecule has 0 fully saturated rings. The van der Waals surface area contributed by atoms with Gasteiger partial charge in [0.25, 0.3) is 0 Å². The smallest absolute Gasteiger partial charge is 0.220 e. The van der Waals surface area contributed by atoms with Crippen LogP contribution in [0, 0.1) is 5.41 Å². The first kappa shape index (κ1) is 21.9. The van der Waals surface area contributed by atoms with E-state index in [1.807, 2.05) is 45.9 Å². The summed E-state index contributed by atoms with van der Waals surface area (Å²) in [5, 5.41) is 11.7. The van der Waals surface area contributed by atoms with Crippen LogP contribution in [0.2, 0.25) is 0 Å². The average Bonchev–Trinajstić information content (AvgIpc) is 2.52. The largest absolute Gasteiger partial charge is 0.396 e. The van der Waals surface area contributed by atoms with Gasteiger partial charge in [0.05, 0.1) is 5.41 Å². The summed E-state index contributed by atoms with van der Waals surface area (Å²) in [5.41, 5.74) is 0.586. The van der Waals surface area contributed by atoms with Crippen molar-refractivity contribution in [2.45, 2.75) is 53.4 Å². The van der Waals surface area contributed by atoms with E-state index in [-0.39, 0.29) is 17.6 Å². The molecule has 0 unspecified atom stereocenters. The van der Waals surface area contributed by atoms with Crippen molar-refractivity contribution in [2.75, 3.05) is 18.9 Å². The lowest BCUT2D eigenvalue weighted by Gasteiger charge is -2.23. The molecular weight excluding hydrogens is 310 g/mol. The Balaban J connectivity index is 4.11. The second-order valence-electron chi connectivity index (χ2n) is 6.27. The Hall–Kier alpha value is -1.07. The molecule has 0 aromatic heterocycles. The van der Waals surface area contributed by atoms with E-state index in [1.54, 1.807) is 0 Å². The van der Waals surface area contributed by atoms with Gasteiger partial charge in [-0.1, -0.05) is 49.4 Å². The van der Waals surface area contributed by atoms with E-state index < -0.39 is 5.41 Å². The lowest BCUT2D eigenvalue weighted by molar-refractivity contribution is -0.122. The van der Waals surface area contributed by atoms with Crippen molar-refractivity contribution in [1.82, 2.24) is 5.32 Å². The maximum atomic E-state index is 12.2. The van der Waals surface area contributed by atoms with Crippen LogP contribution in [0.25, 0.3) is 0 Å². The quantitative estimate of drug-likeness (QED) is 0.446. The van der Waals surface area contributed by atoms with Crippen LogP contribution < -0.4 is 5.32 Å². The van der Waals surface area contributed by atoms with E-state index in [0.29, 0.717) is 18.7 Å². The lowest BCUT2D eigenvalue weighted by atomic mass is 9.95. The van der Waals surface area contributed by atoms with Gasteiger partial charge in [-0.25, -0.2) is 0 Å². The maximum absolute atomic E-state index is 12.2. The molecule has 0 aromatic carbocycles. The molecule has 1 amide bonds. The molecule has 0 aromatic rings. The fourth-order valence-corrected chi connectivity index (χ4v) is 2.71. The summed E-state index contributed by atoms with van der Waals surface area (Å²) in [5.74, 6) is 0.690. The highest BCUT2D eigenvalue weighted by atomic mass is 32.2. The number of thioether (sulfide) groups is 1. The van der Waals surface area contributed by atoms with Gasteiger partial charge in [0.15, 0.2) is 5.12 Å². The Morgan fingerprint density at radius 2 is 1.91 bits per heavy atom. The van der Waals surface area contributed by atoms with Crippen LogP contribution in [-0.4, -0.2) is 35.0 Å². The minimum absolute atomic E-state index is 0.0237. The number of allylic oxidation sites excluding steroid dienone is 4. The Morgan fingerprint density at radius 3 is 2.52 bits per heavy atom. The highest BCUT2D eigenvalue weighted by Crippen LogP contribution is 2.24. The average molecular weight is 342 g/mol. The number of rotatable bonds is 11. The number of nitrogens with one attached hydrogen (secondary N) is 1. The van der Waals surface area contributed by atoms with Gasteiger partial charge >= 0.3 is 0 Å². The molecular formula is C18H31NO3S. The predicted molar refractivity (Wildman–Crippen MR) is 98.4 cm³/mol. The Morgan fingerprint density at radius 1 is 1.22 bits per heavy atom. The topological polar surface area (TPSA) is 66.4 Å². The standard InChI is InChI=1S/C18H31NO3S/c1-5-6-9-15(2)10-11-16(21)19-14-18(3,4)17(22)23-13-8-7-12-20/h5-6,9,20H,7-8,10-14H2,1-4H3,(H,19,21). The number of aliphatic hydroxyl groups is 1. The molecule has 2 N–H and O–H groups in total. The molecule has 0 saturated carbocycles. The van der Waals surface area contributed by atoms with Gasteiger partial charge < -0.3 is 10.4 Å². The highest BCUT2D eigenvalue weighted by Gasteiger charge is 2.28. The molecule has 0 rings (SSSR count). The van der Waals surface area contributed by atoms with Gasteiger partial charge in [-0.15, -0.1) is 0 Å². The first-order chi connectivity index (χ1) is 10.8. The molecule has 4 nitrogen and oxygen atoms in total. The molecule has 0 atom stereocenters. The van der Waals surface area contributed by atoms with Crippen molar-refractivity contribution in [2.24, 2.45) is 5.41 Å². The summed E-state index contributed by atoms with van der Waals surface area (Å²) in [4.78, 5) is 24.0. The molecule has 0 radical (unpaired) electrons. The number of carbonyl (C=O) groups is 2. The first-order valence-corrected chi connectivity index (χ1v) is 9.15. The summed E-state index contributed by atoms with van der Waals surface area (Å²) in [6, 6.07) is 0. The van der Waals surface area contributed by atoms with Crippen LogP contribution in [0.15, 0.2) is 23.8 Å². The normalized spacial score (nSPS) is 12.7. The van der Waals surface area contributed by atoms with Crippen molar-refractivity contribution in [3.05, 3.63) is 23.8 Å². The molecule has 5 heteroatoms. The summed E-state index contributed by atoms with van der Waals surface area (Å²) < 4.78 is 0. The number of aliphatic hydroxyl groups excluding tert-OH is 1. The first-order valence-electron chi connectivity index (χ1n) is 8.16. The third-order valence-electron chi connectivity index (χ3n) is 3.39. The molecule has 0 aliphatic heterocycles. The van der Waals surface area contributed by atoms with E-state index in [9.17, 15) is 9.59 Å². The van der Waals surface area contributed by atoms with E-state index in [2.05, 4.69) is 5.32 Å². The van der Waals surface area contributed by atoms with Gasteiger partial charge in [-0.05, 0) is 33.1 Å². The van der Waals surface area contributed by atoms with Crippen LogP contribution in [0.5, 0.6) is 0 Å². The molecule has 23 heavy (non-hydrogen) atoms. The van der Waals surface area contributed by atoms with Crippen molar-refractivity contribution in [3.8, 4) is 0 Å². The van der Waals surface area contributed by atoms with Crippen LogP contribution in [-0.2, 0) is 9.59 Å². The summed E-state index contributed by atoms with van der Waals surface area (Å²) >= 11 is 1.28. The number of unbranched alkanes of at least 4 members (excludes halogenated alkanes) is 1. The second-order valence-corrected chi connectivity index (χ2v) is 7.33. The minimum atomic E-state index is -0.574. The summed E-state index contributed by atoms with van der Waals surface area (Å²) in [7, 11) is 0. The highest BCUT2D eigenvalue weighted by molar-refractivity contribution is 8.13. The molecule has 0 heterocycles. The zero-order valence-electron chi connectivity index (χ0n) is 14.9. The van der Waals surface area contributed by atoms with E-state index >= 15 is 0 Å².